The van der Waals surface area contributed by atoms with E-state index in [1.165, 1.54) is 0 Å². The van der Waals surface area contributed by atoms with Gasteiger partial charge in [0.15, 0.2) is 5.82 Å². The van der Waals surface area contributed by atoms with Gasteiger partial charge in [-0.15, -0.1) is 0 Å². The molecule has 0 aliphatic carbocycles. The van der Waals surface area contributed by atoms with Crippen molar-refractivity contribution in [3.63, 3.8) is 0 Å². The number of fused-ring (bicyclic) bond motifs is 2. The molecule has 1 aliphatic heterocycles. The number of aromatic nitrogens is 4. The van der Waals surface area contributed by atoms with E-state index in [0.29, 0.717) is 27.9 Å². The number of hydrogen-bond donors (Lipinski definition) is 3. The molecule has 2 aromatic carbocycles. The second-order valence-corrected chi connectivity index (χ2v) is 8.05. The molecule has 164 valence electrons. The summed E-state index contributed by atoms with van der Waals surface area (Å²) in [5.74, 6) is 0.0722. The zero-order chi connectivity index (χ0) is 22.4. The third-order valence-electron chi connectivity index (χ3n) is 5.97. The number of aryl methyl sites for hydroxylation is 2. The number of piperazine rings is 1. The molecular weight excluding hydrogens is 406 g/mol. The summed E-state index contributed by atoms with van der Waals surface area (Å²) < 4.78 is 1.70. The third kappa shape index (κ3) is 3.31. The Morgan fingerprint density at radius 1 is 1.19 bits per heavy atom. The van der Waals surface area contributed by atoms with E-state index in [-0.39, 0.29) is 17.4 Å². The van der Waals surface area contributed by atoms with Crippen molar-refractivity contribution in [2.24, 2.45) is 7.05 Å². The van der Waals surface area contributed by atoms with E-state index < -0.39 is 0 Å². The third-order valence-corrected chi connectivity index (χ3v) is 5.97. The fourth-order valence-electron chi connectivity index (χ4n) is 4.26. The highest BCUT2D eigenvalue weighted by Gasteiger charge is 2.21. The lowest BCUT2D eigenvalue weighted by atomic mass is 10.0. The Labute approximate surface area is 185 Å². The van der Waals surface area contributed by atoms with Gasteiger partial charge in [-0.05, 0) is 31.2 Å². The lowest BCUT2D eigenvalue weighted by Crippen LogP contribution is -2.43. The molecule has 9 heteroatoms. The van der Waals surface area contributed by atoms with Crippen molar-refractivity contribution < 1.29 is 9.90 Å². The van der Waals surface area contributed by atoms with Gasteiger partial charge in [0, 0.05) is 68.5 Å². The Morgan fingerprint density at radius 3 is 2.72 bits per heavy atom. The molecular formula is C23H25N7O2. The standard InChI is InChI=1S/C23H25N7O2/c1-13-19-14(12-29(3)28-19)10-17(21(13)31)22-26-18-5-4-15(30-8-6-25-7-9-30)11-16(18)20(27-22)23(32)24-2/h4-5,10-12,25,31H,6-9H2,1-3H3,(H,24,32). The van der Waals surface area contributed by atoms with Crippen LogP contribution in [-0.2, 0) is 7.05 Å². The van der Waals surface area contributed by atoms with Crippen LogP contribution in [0.1, 0.15) is 16.1 Å². The zero-order valence-electron chi connectivity index (χ0n) is 18.3. The van der Waals surface area contributed by atoms with E-state index in [0.717, 1.165) is 42.8 Å². The highest BCUT2D eigenvalue weighted by molar-refractivity contribution is 6.06. The van der Waals surface area contributed by atoms with E-state index in [2.05, 4.69) is 25.6 Å². The summed E-state index contributed by atoms with van der Waals surface area (Å²) in [6, 6.07) is 7.73. The smallest absolute Gasteiger partial charge is 0.270 e. The normalized spacial score (nSPS) is 14.3. The molecule has 0 saturated carbocycles. The van der Waals surface area contributed by atoms with Gasteiger partial charge in [0.25, 0.3) is 5.91 Å². The molecule has 5 rings (SSSR count). The minimum absolute atomic E-state index is 0.0656. The summed E-state index contributed by atoms with van der Waals surface area (Å²) in [5.41, 5.74) is 3.82. The van der Waals surface area contributed by atoms with Crippen molar-refractivity contribution in [3.05, 3.63) is 41.7 Å². The van der Waals surface area contributed by atoms with Crippen LogP contribution in [0.25, 0.3) is 33.2 Å². The zero-order valence-corrected chi connectivity index (χ0v) is 18.3. The predicted molar refractivity (Wildman–Crippen MR) is 124 cm³/mol. The summed E-state index contributed by atoms with van der Waals surface area (Å²) in [6.07, 6.45) is 1.88. The van der Waals surface area contributed by atoms with Crippen molar-refractivity contribution in [2.75, 3.05) is 38.1 Å². The van der Waals surface area contributed by atoms with Crippen LogP contribution in [0.3, 0.4) is 0 Å². The maximum Gasteiger partial charge on any atom is 0.270 e. The molecule has 4 aromatic rings. The molecule has 0 atom stereocenters. The molecule has 9 nitrogen and oxygen atoms in total. The monoisotopic (exact) mass is 431 g/mol. The largest absolute Gasteiger partial charge is 0.507 e. The molecule has 2 aromatic heterocycles. The molecule has 0 spiro atoms. The minimum Gasteiger partial charge on any atom is -0.507 e. The van der Waals surface area contributed by atoms with Crippen LogP contribution in [0.15, 0.2) is 30.5 Å². The number of rotatable bonds is 3. The Balaban J connectivity index is 1.70. The number of aromatic hydroxyl groups is 1. The van der Waals surface area contributed by atoms with Crippen LogP contribution in [0.5, 0.6) is 5.75 Å². The van der Waals surface area contributed by atoms with Gasteiger partial charge in [-0.1, -0.05) is 0 Å². The minimum atomic E-state index is -0.297. The first-order valence-electron chi connectivity index (χ1n) is 10.6. The maximum atomic E-state index is 12.8. The van der Waals surface area contributed by atoms with Crippen molar-refractivity contribution in [1.29, 1.82) is 0 Å². The predicted octanol–water partition coefficient (Wildman–Crippen LogP) is 1.97. The first kappa shape index (κ1) is 20.2. The SMILES string of the molecule is CNC(=O)c1nc(-c2cc3cn(C)nc3c(C)c2O)nc2ccc(N3CCNCC3)cc12. The van der Waals surface area contributed by atoms with Gasteiger partial charge in [0.2, 0.25) is 0 Å². The van der Waals surface area contributed by atoms with Gasteiger partial charge >= 0.3 is 0 Å². The summed E-state index contributed by atoms with van der Waals surface area (Å²) in [6.45, 7) is 5.46. The molecule has 1 amide bonds. The summed E-state index contributed by atoms with van der Waals surface area (Å²) in [4.78, 5) is 24.4. The number of carbonyl (C=O) groups is 1. The van der Waals surface area contributed by atoms with Crippen LogP contribution in [0.2, 0.25) is 0 Å². The Kier molecular flexibility index (Phi) is 4.90. The summed E-state index contributed by atoms with van der Waals surface area (Å²) in [7, 11) is 3.42. The summed E-state index contributed by atoms with van der Waals surface area (Å²) in [5, 5.41) is 22.9. The number of carbonyl (C=O) groups excluding carboxylic acids is 1. The number of nitrogens with one attached hydrogen (secondary N) is 2. The average molecular weight is 432 g/mol. The highest BCUT2D eigenvalue weighted by atomic mass is 16.3. The maximum absolute atomic E-state index is 12.8. The number of benzene rings is 2. The fourth-order valence-corrected chi connectivity index (χ4v) is 4.26. The van der Waals surface area contributed by atoms with Gasteiger partial charge in [-0.2, -0.15) is 5.10 Å². The first-order chi connectivity index (χ1) is 15.5. The van der Waals surface area contributed by atoms with Crippen LogP contribution in [0.4, 0.5) is 5.69 Å². The van der Waals surface area contributed by atoms with Gasteiger partial charge in [-0.3, -0.25) is 9.48 Å². The molecule has 0 unspecified atom stereocenters. The molecule has 0 bridgehead atoms. The highest BCUT2D eigenvalue weighted by Crippen LogP contribution is 2.36. The van der Waals surface area contributed by atoms with Gasteiger partial charge in [-0.25, -0.2) is 9.97 Å². The average Bonchev–Trinajstić information content (AvgIpc) is 3.21. The number of hydrogen-bond acceptors (Lipinski definition) is 7. The molecule has 32 heavy (non-hydrogen) atoms. The van der Waals surface area contributed by atoms with E-state index >= 15 is 0 Å². The van der Waals surface area contributed by atoms with E-state index in [1.807, 2.05) is 44.4 Å². The van der Waals surface area contributed by atoms with Crippen LogP contribution in [0, 0.1) is 6.92 Å². The van der Waals surface area contributed by atoms with E-state index in [4.69, 9.17) is 4.98 Å². The number of phenolic OH excluding ortho intramolecular Hbond substituents is 1. The van der Waals surface area contributed by atoms with Crippen LogP contribution < -0.4 is 15.5 Å². The molecule has 0 radical (unpaired) electrons. The summed E-state index contributed by atoms with van der Waals surface area (Å²) >= 11 is 0. The first-order valence-corrected chi connectivity index (χ1v) is 10.6. The van der Waals surface area contributed by atoms with Crippen molar-refractivity contribution in [3.8, 4) is 17.1 Å². The number of nitrogens with zero attached hydrogens (tertiary/aromatic N) is 5. The quantitative estimate of drug-likeness (QED) is 0.455. The fraction of sp³-hybridized carbons (Fsp3) is 0.304. The number of phenols is 1. The van der Waals surface area contributed by atoms with Gasteiger partial charge in [0.05, 0.1) is 16.6 Å². The van der Waals surface area contributed by atoms with Gasteiger partial charge in [0.1, 0.15) is 11.4 Å². The second kappa shape index (κ2) is 7.76. The topological polar surface area (TPSA) is 108 Å². The van der Waals surface area contributed by atoms with E-state index in [9.17, 15) is 9.90 Å². The Morgan fingerprint density at radius 2 is 1.97 bits per heavy atom. The Hall–Kier alpha value is -3.72. The van der Waals surface area contributed by atoms with Crippen molar-refractivity contribution >= 4 is 33.4 Å². The lowest BCUT2D eigenvalue weighted by Gasteiger charge is -2.29. The molecule has 1 aliphatic rings. The van der Waals surface area contributed by atoms with Crippen LogP contribution in [-0.4, -0.2) is 64.0 Å². The molecule has 1 saturated heterocycles. The number of anilines is 1. The van der Waals surface area contributed by atoms with Crippen molar-refractivity contribution in [1.82, 2.24) is 30.4 Å². The van der Waals surface area contributed by atoms with Crippen LogP contribution >= 0.6 is 0 Å². The second-order valence-electron chi connectivity index (χ2n) is 8.05. The number of amides is 1. The molecule has 1 fully saturated rings. The molecule has 3 heterocycles. The van der Waals surface area contributed by atoms with Gasteiger partial charge < -0.3 is 20.6 Å². The molecule has 3 N–H and O–H groups in total. The lowest BCUT2D eigenvalue weighted by molar-refractivity contribution is 0.0960. The Bertz CT molecular complexity index is 1360. The van der Waals surface area contributed by atoms with E-state index in [1.54, 1.807) is 11.7 Å². The van der Waals surface area contributed by atoms with Crippen molar-refractivity contribution in [2.45, 2.75) is 6.92 Å².